The monoisotopic (exact) mass is 468 g/mol. The van der Waals surface area contributed by atoms with Crippen molar-refractivity contribution in [3.63, 3.8) is 0 Å². The Labute approximate surface area is 172 Å². The second kappa shape index (κ2) is 9.89. The lowest BCUT2D eigenvalue weighted by atomic mass is 10.1. The molecule has 6 nitrogen and oxygen atoms in total. The van der Waals surface area contributed by atoms with Crippen LogP contribution in [0.25, 0.3) is 0 Å². The highest BCUT2D eigenvalue weighted by Gasteiger charge is 2.15. The predicted octanol–water partition coefficient (Wildman–Crippen LogP) is 3.10. The molecule has 0 atom stereocenters. The Balaban J connectivity index is 0.00000243. The minimum atomic E-state index is 0. The number of aryl methyl sites for hydroxylation is 3. The van der Waals surface area contributed by atoms with Gasteiger partial charge in [-0.15, -0.1) is 34.2 Å². The molecule has 0 unspecified atom stereocenters. The average Bonchev–Trinajstić information content (AvgIpc) is 3.02. The van der Waals surface area contributed by atoms with Gasteiger partial charge in [-0.2, -0.15) is 0 Å². The SMILES string of the molecule is CCNC(=NCc1ccc(C)cc1C)NCc1nnc2n1CCCC2.I. The Morgan fingerprint density at radius 1 is 1.19 bits per heavy atom. The summed E-state index contributed by atoms with van der Waals surface area (Å²) in [6.07, 6.45) is 3.46. The van der Waals surface area contributed by atoms with Crippen LogP contribution in [0.2, 0.25) is 0 Å². The van der Waals surface area contributed by atoms with Crippen LogP contribution < -0.4 is 10.6 Å². The van der Waals surface area contributed by atoms with Gasteiger partial charge in [0, 0.05) is 19.5 Å². The third-order valence-electron chi connectivity index (χ3n) is 4.60. The summed E-state index contributed by atoms with van der Waals surface area (Å²) in [5, 5.41) is 15.3. The molecule has 7 heteroatoms. The number of nitrogens with one attached hydrogen (secondary N) is 2. The smallest absolute Gasteiger partial charge is 0.191 e. The first-order valence-electron chi connectivity index (χ1n) is 9.16. The topological polar surface area (TPSA) is 67.1 Å². The number of fused-ring (bicyclic) bond motifs is 1. The van der Waals surface area contributed by atoms with Crippen molar-refractivity contribution in [1.82, 2.24) is 25.4 Å². The van der Waals surface area contributed by atoms with E-state index in [1.54, 1.807) is 0 Å². The van der Waals surface area contributed by atoms with E-state index in [0.717, 1.165) is 37.1 Å². The summed E-state index contributed by atoms with van der Waals surface area (Å²) >= 11 is 0. The van der Waals surface area contributed by atoms with Crippen LogP contribution in [0.4, 0.5) is 0 Å². The van der Waals surface area contributed by atoms with Crippen LogP contribution in [0, 0.1) is 13.8 Å². The van der Waals surface area contributed by atoms with E-state index in [2.05, 4.69) is 64.4 Å². The number of benzene rings is 1. The second-order valence-electron chi connectivity index (χ2n) is 6.62. The van der Waals surface area contributed by atoms with Gasteiger partial charge in [0.1, 0.15) is 5.82 Å². The fraction of sp³-hybridized carbons (Fsp3) is 0.526. The van der Waals surface area contributed by atoms with Crippen LogP contribution in [-0.2, 0) is 26.1 Å². The molecule has 1 aliphatic rings. The van der Waals surface area contributed by atoms with E-state index in [0.29, 0.717) is 13.1 Å². The molecule has 2 heterocycles. The van der Waals surface area contributed by atoms with Crippen molar-refractivity contribution in [1.29, 1.82) is 0 Å². The maximum Gasteiger partial charge on any atom is 0.191 e. The van der Waals surface area contributed by atoms with Crippen LogP contribution in [-0.4, -0.2) is 27.3 Å². The van der Waals surface area contributed by atoms with E-state index in [9.17, 15) is 0 Å². The van der Waals surface area contributed by atoms with Gasteiger partial charge in [-0.25, -0.2) is 4.99 Å². The Morgan fingerprint density at radius 2 is 2.04 bits per heavy atom. The van der Waals surface area contributed by atoms with Crippen molar-refractivity contribution in [3.8, 4) is 0 Å². The maximum atomic E-state index is 4.72. The molecule has 142 valence electrons. The zero-order chi connectivity index (χ0) is 17.6. The maximum absolute atomic E-state index is 4.72. The van der Waals surface area contributed by atoms with Gasteiger partial charge in [-0.3, -0.25) is 0 Å². The van der Waals surface area contributed by atoms with Crippen molar-refractivity contribution in [2.75, 3.05) is 6.54 Å². The van der Waals surface area contributed by atoms with Crippen molar-refractivity contribution in [2.45, 2.75) is 59.7 Å². The van der Waals surface area contributed by atoms with Crippen LogP contribution >= 0.6 is 24.0 Å². The molecule has 3 rings (SSSR count). The van der Waals surface area contributed by atoms with Crippen molar-refractivity contribution in [2.24, 2.45) is 4.99 Å². The fourth-order valence-corrected chi connectivity index (χ4v) is 3.19. The van der Waals surface area contributed by atoms with Crippen LogP contribution in [0.15, 0.2) is 23.2 Å². The van der Waals surface area contributed by atoms with Gasteiger partial charge in [0.2, 0.25) is 0 Å². The molecule has 1 aromatic carbocycles. The van der Waals surface area contributed by atoms with Crippen LogP contribution in [0.1, 0.15) is 48.1 Å². The molecule has 0 bridgehead atoms. The lowest BCUT2D eigenvalue weighted by molar-refractivity contribution is 0.504. The molecule has 1 aliphatic heterocycles. The first kappa shape index (κ1) is 20.7. The highest BCUT2D eigenvalue weighted by atomic mass is 127. The largest absolute Gasteiger partial charge is 0.357 e. The van der Waals surface area contributed by atoms with Gasteiger partial charge in [0.25, 0.3) is 0 Å². The molecule has 0 amide bonds. The Morgan fingerprint density at radius 3 is 2.81 bits per heavy atom. The van der Waals surface area contributed by atoms with Gasteiger partial charge in [0.05, 0.1) is 13.1 Å². The molecule has 0 saturated carbocycles. The van der Waals surface area contributed by atoms with E-state index in [1.165, 1.54) is 29.5 Å². The van der Waals surface area contributed by atoms with Gasteiger partial charge < -0.3 is 15.2 Å². The number of halogens is 1. The average molecular weight is 468 g/mol. The van der Waals surface area contributed by atoms with Crippen LogP contribution in [0.3, 0.4) is 0 Å². The molecule has 0 aliphatic carbocycles. The molecule has 2 N–H and O–H groups in total. The zero-order valence-corrected chi connectivity index (χ0v) is 18.2. The Bertz CT molecular complexity index is 752. The molecular weight excluding hydrogens is 439 g/mol. The minimum Gasteiger partial charge on any atom is -0.357 e. The van der Waals surface area contributed by atoms with Gasteiger partial charge >= 0.3 is 0 Å². The summed E-state index contributed by atoms with van der Waals surface area (Å²) in [4.78, 5) is 4.72. The summed E-state index contributed by atoms with van der Waals surface area (Å²) in [7, 11) is 0. The molecular formula is C19H29IN6. The molecule has 26 heavy (non-hydrogen) atoms. The summed E-state index contributed by atoms with van der Waals surface area (Å²) in [6, 6.07) is 6.50. The first-order chi connectivity index (χ1) is 12.2. The van der Waals surface area contributed by atoms with E-state index in [4.69, 9.17) is 4.99 Å². The highest BCUT2D eigenvalue weighted by Crippen LogP contribution is 2.14. The number of guanidine groups is 1. The zero-order valence-electron chi connectivity index (χ0n) is 15.9. The van der Waals surface area contributed by atoms with Crippen LogP contribution in [0.5, 0.6) is 0 Å². The lowest BCUT2D eigenvalue weighted by Gasteiger charge is -2.16. The van der Waals surface area contributed by atoms with Crippen molar-refractivity contribution >= 4 is 29.9 Å². The standard InChI is InChI=1S/C19H28N6.HI/c1-4-20-19(21-12-16-9-8-14(2)11-15(16)3)22-13-18-24-23-17-7-5-6-10-25(17)18;/h8-9,11H,4-7,10,12-13H2,1-3H3,(H2,20,21,22);1H. The quantitative estimate of drug-likeness (QED) is 0.402. The third kappa shape index (κ3) is 5.18. The Kier molecular flexibility index (Phi) is 7.86. The number of aliphatic imine (C=N–C) groups is 1. The minimum absolute atomic E-state index is 0. The number of hydrogen-bond donors (Lipinski definition) is 2. The van der Waals surface area contributed by atoms with Crippen molar-refractivity contribution in [3.05, 3.63) is 46.5 Å². The van der Waals surface area contributed by atoms with E-state index >= 15 is 0 Å². The van der Waals surface area contributed by atoms with E-state index in [-0.39, 0.29) is 24.0 Å². The molecule has 0 spiro atoms. The predicted molar refractivity (Wildman–Crippen MR) is 116 cm³/mol. The van der Waals surface area contributed by atoms with E-state index < -0.39 is 0 Å². The van der Waals surface area contributed by atoms with Gasteiger partial charge in [0.15, 0.2) is 11.8 Å². The number of nitrogens with zero attached hydrogens (tertiary/aromatic N) is 4. The lowest BCUT2D eigenvalue weighted by Crippen LogP contribution is -2.37. The fourth-order valence-electron chi connectivity index (χ4n) is 3.19. The first-order valence-corrected chi connectivity index (χ1v) is 9.16. The number of hydrogen-bond acceptors (Lipinski definition) is 3. The molecule has 1 aromatic heterocycles. The number of rotatable bonds is 5. The molecule has 0 saturated heterocycles. The molecule has 2 aromatic rings. The molecule has 0 fully saturated rings. The summed E-state index contributed by atoms with van der Waals surface area (Å²) in [5.41, 5.74) is 3.82. The number of aromatic nitrogens is 3. The summed E-state index contributed by atoms with van der Waals surface area (Å²) < 4.78 is 2.24. The highest BCUT2D eigenvalue weighted by molar-refractivity contribution is 14.0. The normalized spacial score (nSPS) is 13.7. The molecule has 0 radical (unpaired) electrons. The van der Waals surface area contributed by atoms with Gasteiger partial charge in [-0.1, -0.05) is 23.8 Å². The van der Waals surface area contributed by atoms with Gasteiger partial charge in [-0.05, 0) is 44.7 Å². The summed E-state index contributed by atoms with van der Waals surface area (Å²) in [5.74, 6) is 2.92. The summed E-state index contributed by atoms with van der Waals surface area (Å²) in [6.45, 7) is 9.50. The Hall–Kier alpha value is -1.64. The van der Waals surface area contributed by atoms with E-state index in [1.807, 2.05) is 0 Å². The second-order valence-corrected chi connectivity index (χ2v) is 6.62. The van der Waals surface area contributed by atoms with Crippen molar-refractivity contribution < 1.29 is 0 Å². The third-order valence-corrected chi connectivity index (χ3v) is 4.60.